The molecule has 0 saturated carbocycles. The number of hydrogen-bond acceptors (Lipinski definition) is 3. The highest BCUT2D eigenvalue weighted by Crippen LogP contribution is 2.28. The Morgan fingerprint density at radius 1 is 0.962 bits per heavy atom. The van der Waals surface area contributed by atoms with Crippen molar-refractivity contribution in [1.29, 1.82) is 0 Å². The highest BCUT2D eigenvalue weighted by atomic mass is 35.5. The molecule has 0 saturated heterocycles. The molecule has 0 bridgehead atoms. The number of para-hydroxylation sites is 2. The lowest BCUT2D eigenvalue weighted by Crippen LogP contribution is -2.23. The second-order valence-corrected chi connectivity index (χ2v) is 6.35. The molecule has 0 spiro atoms. The van der Waals surface area contributed by atoms with Crippen LogP contribution in [0, 0.1) is 0 Å². The number of fused-ring (bicyclic) bond motifs is 3. The summed E-state index contributed by atoms with van der Waals surface area (Å²) < 4.78 is 1.74. The van der Waals surface area contributed by atoms with Gasteiger partial charge in [-0.1, -0.05) is 60.1 Å². The normalized spacial score (nSPS) is 11.4. The van der Waals surface area contributed by atoms with Gasteiger partial charge in [0.25, 0.3) is 5.91 Å². The fourth-order valence-corrected chi connectivity index (χ4v) is 3.29. The van der Waals surface area contributed by atoms with Gasteiger partial charge in [0.1, 0.15) is 6.54 Å². The van der Waals surface area contributed by atoms with Gasteiger partial charge in [0, 0.05) is 15.8 Å². The van der Waals surface area contributed by atoms with Crippen LogP contribution in [0.5, 0.6) is 0 Å². The molecule has 0 amide bonds. The van der Waals surface area contributed by atoms with Crippen LogP contribution in [0.25, 0.3) is 21.8 Å². The van der Waals surface area contributed by atoms with E-state index in [9.17, 15) is 4.79 Å². The zero-order chi connectivity index (χ0) is 17.9. The van der Waals surface area contributed by atoms with Gasteiger partial charge in [-0.3, -0.25) is 9.36 Å². The summed E-state index contributed by atoms with van der Waals surface area (Å²) in [6.45, 7) is 0.0970. The van der Waals surface area contributed by atoms with Crippen LogP contribution in [-0.2, 0) is 0 Å². The van der Waals surface area contributed by atoms with E-state index in [0.717, 1.165) is 27.4 Å². The summed E-state index contributed by atoms with van der Waals surface area (Å²) >= 11 is 5.95. The zero-order valence-corrected chi connectivity index (χ0v) is 14.6. The minimum atomic E-state index is -0.0642. The molecule has 128 valence electrons. The SMILES string of the molecule is O=C(CN/N=C/c1cccc(Cl)c1)n1c2ccccc2c2ccccc21. The first-order valence-corrected chi connectivity index (χ1v) is 8.65. The van der Waals surface area contributed by atoms with Crippen molar-refractivity contribution < 1.29 is 4.79 Å². The number of carbonyl (C=O) groups is 1. The van der Waals surface area contributed by atoms with E-state index in [4.69, 9.17) is 11.6 Å². The van der Waals surface area contributed by atoms with Crippen molar-refractivity contribution >= 4 is 45.5 Å². The lowest BCUT2D eigenvalue weighted by atomic mass is 10.2. The van der Waals surface area contributed by atoms with Crippen LogP contribution in [0.4, 0.5) is 0 Å². The molecule has 5 heteroatoms. The molecule has 4 aromatic rings. The molecule has 3 aromatic carbocycles. The molecule has 0 radical (unpaired) electrons. The summed E-state index contributed by atoms with van der Waals surface area (Å²) in [7, 11) is 0. The zero-order valence-electron chi connectivity index (χ0n) is 13.9. The minimum absolute atomic E-state index is 0.0642. The van der Waals surface area contributed by atoms with Gasteiger partial charge in [0.05, 0.1) is 17.2 Å². The predicted octanol–water partition coefficient (Wildman–Crippen LogP) is 4.71. The molecule has 1 N–H and O–H groups in total. The van der Waals surface area contributed by atoms with E-state index >= 15 is 0 Å². The number of rotatable bonds is 4. The summed E-state index contributed by atoms with van der Waals surface area (Å²) in [5.41, 5.74) is 5.50. The second kappa shape index (κ2) is 7.02. The Balaban J connectivity index is 1.58. The Morgan fingerprint density at radius 3 is 2.27 bits per heavy atom. The van der Waals surface area contributed by atoms with E-state index in [0.29, 0.717) is 5.02 Å². The molecule has 26 heavy (non-hydrogen) atoms. The molecule has 4 nitrogen and oxygen atoms in total. The van der Waals surface area contributed by atoms with Crippen LogP contribution in [0.3, 0.4) is 0 Å². The number of benzene rings is 3. The molecule has 1 aromatic heterocycles. The topological polar surface area (TPSA) is 46.4 Å². The average Bonchev–Trinajstić information content (AvgIpc) is 3.00. The van der Waals surface area contributed by atoms with Gasteiger partial charge >= 0.3 is 0 Å². The molecule has 0 aliphatic rings. The number of hydrazone groups is 1. The second-order valence-electron chi connectivity index (χ2n) is 5.91. The third kappa shape index (κ3) is 3.07. The molecule has 0 fully saturated rings. The molecule has 1 heterocycles. The lowest BCUT2D eigenvalue weighted by Gasteiger charge is -2.05. The smallest absolute Gasteiger partial charge is 0.252 e. The monoisotopic (exact) mass is 361 g/mol. The Morgan fingerprint density at radius 2 is 1.62 bits per heavy atom. The first kappa shape index (κ1) is 16.4. The quantitative estimate of drug-likeness (QED) is 0.422. The van der Waals surface area contributed by atoms with Gasteiger partial charge in [-0.25, -0.2) is 0 Å². The summed E-state index contributed by atoms with van der Waals surface area (Å²) in [6, 6.07) is 23.2. The highest BCUT2D eigenvalue weighted by molar-refractivity contribution is 6.30. The maximum Gasteiger partial charge on any atom is 0.252 e. The molecule has 0 aliphatic heterocycles. The molecule has 4 rings (SSSR count). The van der Waals surface area contributed by atoms with Crippen LogP contribution < -0.4 is 5.43 Å². The molecule has 0 aliphatic carbocycles. The Bertz CT molecular complexity index is 1080. The Hall–Kier alpha value is -3.11. The third-order valence-electron chi connectivity index (χ3n) is 4.21. The molecule has 0 unspecified atom stereocenters. The van der Waals surface area contributed by atoms with Gasteiger partial charge in [0.2, 0.25) is 0 Å². The number of aromatic nitrogens is 1. The van der Waals surface area contributed by atoms with Gasteiger partial charge < -0.3 is 5.43 Å². The van der Waals surface area contributed by atoms with Crippen molar-refractivity contribution in [3.05, 3.63) is 83.4 Å². The average molecular weight is 362 g/mol. The number of carbonyl (C=O) groups excluding carboxylic acids is 1. The van der Waals surface area contributed by atoms with E-state index in [-0.39, 0.29) is 12.5 Å². The van der Waals surface area contributed by atoms with Crippen molar-refractivity contribution in [1.82, 2.24) is 9.99 Å². The van der Waals surface area contributed by atoms with Crippen molar-refractivity contribution in [2.75, 3.05) is 6.54 Å². The molecular weight excluding hydrogens is 346 g/mol. The molecule has 0 atom stereocenters. The summed E-state index contributed by atoms with van der Waals surface area (Å²) in [5, 5.41) is 6.91. The van der Waals surface area contributed by atoms with Crippen molar-refractivity contribution in [3.8, 4) is 0 Å². The first-order valence-electron chi connectivity index (χ1n) is 8.27. The van der Waals surface area contributed by atoms with E-state index in [1.54, 1.807) is 16.8 Å². The first-order chi connectivity index (χ1) is 12.7. The van der Waals surface area contributed by atoms with Crippen LogP contribution in [0.2, 0.25) is 5.02 Å². The van der Waals surface area contributed by atoms with Crippen LogP contribution in [0.15, 0.2) is 77.9 Å². The van der Waals surface area contributed by atoms with E-state index in [1.807, 2.05) is 66.7 Å². The van der Waals surface area contributed by atoms with E-state index < -0.39 is 0 Å². The van der Waals surface area contributed by atoms with Crippen LogP contribution in [0.1, 0.15) is 10.4 Å². The van der Waals surface area contributed by atoms with Gasteiger partial charge in [0.15, 0.2) is 0 Å². The number of hydrogen-bond donors (Lipinski definition) is 1. The van der Waals surface area contributed by atoms with Gasteiger partial charge in [-0.15, -0.1) is 0 Å². The third-order valence-corrected chi connectivity index (χ3v) is 4.45. The van der Waals surface area contributed by atoms with Crippen molar-refractivity contribution in [3.63, 3.8) is 0 Å². The summed E-state index contributed by atoms with van der Waals surface area (Å²) in [4.78, 5) is 12.8. The highest BCUT2D eigenvalue weighted by Gasteiger charge is 2.14. The summed E-state index contributed by atoms with van der Waals surface area (Å²) in [5.74, 6) is -0.0642. The van der Waals surface area contributed by atoms with Crippen molar-refractivity contribution in [2.24, 2.45) is 5.10 Å². The van der Waals surface area contributed by atoms with Gasteiger partial charge in [-0.2, -0.15) is 5.10 Å². The molecular formula is C21H16ClN3O. The van der Waals surface area contributed by atoms with E-state index in [2.05, 4.69) is 10.5 Å². The van der Waals surface area contributed by atoms with Gasteiger partial charge in [-0.05, 0) is 29.8 Å². The Kier molecular flexibility index (Phi) is 4.42. The number of nitrogens with zero attached hydrogens (tertiary/aromatic N) is 2. The Labute approximate surface area is 155 Å². The maximum absolute atomic E-state index is 12.8. The maximum atomic E-state index is 12.8. The standard InChI is InChI=1S/C21H16ClN3O/c22-16-7-5-6-15(12-16)13-23-24-14-21(26)25-19-10-3-1-8-17(19)18-9-2-4-11-20(18)25/h1-13,24H,14H2/b23-13+. The fraction of sp³-hybridized carbons (Fsp3) is 0.0476. The minimum Gasteiger partial charge on any atom is -0.301 e. The van der Waals surface area contributed by atoms with E-state index in [1.165, 1.54) is 0 Å². The van der Waals surface area contributed by atoms with Crippen LogP contribution >= 0.6 is 11.6 Å². The van der Waals surface area contributed by atoms with Crippen LogP contribution in [-0.4, -0.2) is 23.2 Å². The predicted molar refractivity (Wildman–Crippen MR) is 107 cm³/mol. The lowest BCUT2D eigenvalue weighted by molar-refractivity contribution is 0.0923. The number of halogens is 1. The van der Waals surface area contributed by atoms with Crippen molar-refractivity contribution in [2.45, 2.75) is 0 Å². The largest absolute Gasteiger partial charge is 0.301 e. The number of nitrogens with one attached hydrogen (secondary N) is 1. The fourth-order valence-electron chi connectivity index (χ4n) is 3.09. The summed E-state index contributed by atoms with van der Waals surface area (Å²) in [6.07, 6.45) is 1.64.